The van der Waals surface area contributed by atoms with Gasteiger partial charge in [0.2, 0.25) is 0 Å². The van der Waals surface area contributed by atoms with E-state index in [1.165, 1.54) is 16.6 Å². The Labute approximate surface area is 132 Å². The minimum Gasteiger partial charge on any atom is -0.313 e. The highest BCUT2D eigenvalue weighted by Crippen LogP contribution is 2.27. The molecule has 0 aliphatic rings. The molecule has 1 heterocycles. The van der Waals surface area contributed by atoms with Crippen molar-refractivity contribution in [2.24, 2.45) is 12.5 Å². The molecule has 116 valence electrons. The number of nitrogens with one attached hydrogen (secondary N) is 1. The normalized spacial score (nSPS) is 13.8. The second-order valence-corrected chi connectivity index (χ2v) is 7.39. The van der Waals surface area contributed by atoms with Gasteiger partial charge in [-0.3, -0.25) is 4.68 Å². The minimum absolute atomic E-state index is 0.286. The predicted molar refractivity (Wildman–Crippen MR) is 90.1 cm³/mol. The Morgan fingerprint density at radius 2 is 1.95 bits per heavy atom. The van der Waals surface area contributed by atoms with Gasteiger partial charge in [-0.15, -0.1) is 0 Å². The Morgan fingerprint density at radius 1 is 1.30 bits per heavy atom. The maximum atomic E-state index is 4.58. The van der Waals surface area contributed by atoms with Crippen LogP contribution in [-0.4, -0.2) is 22.4 Å². The molecule has 0 spiro atoms. The van der Waals surface area contributed by atoms with Crippen molar-refractivity contribution in [2.75, 3.05) is 6.54 Å². The number of rotatable bonds is 7. The smallest absolute Gasteiger partial charge is 0.0766 e. The molecular formula is C16H30BrN3. The quantitative estimate of drug-likeness (QED) is 0.807. The molecule has 1 atom stereocenters. The van der Waals surface area contributed by atoms with E-state index >= 15 is 0 Å². The molecule has 0 saturated heterocycles. The van der Waals surface area contributed by atoms with Gasteiger partial charge in [0.25, 0.3) is 0 Å². The molecule has 0 aromatic carbocycles. The lowest BCUT2D eigenvalue weighted by Crippen LogP contribution is -2.41. The summed E-state index contributed by atoms with van der Waals surface area (Å²) in [5.74, 6) is 0. The summed E-state index contributed by atoms with van der Waals surface area (Å²) in [6, 6.07) is 0.536. The zero-order valence-electron chi connectivity index (χ0n) is 13.9. The lowest BCUT2D eigenvalue weighted by Gasteiger charge is -2.32. The first-order valence-corrected chi connectivity index (χ1v) is 8.54. The van der Waals surface area contributed by atoms with E-state index in [1.807, 2.05) is 11.7 Å². The molecular weight excluding hydrogens is 314 g/mol. The van der Waals surface area contributed by atoms with E-state index in [1.54, 1.807) is 0 Å². The van der Waals surface area contributed by atoms with Crippen molar-refractivity contribution < 1.29 is 0 Å². The monoisotopic (exact) mass is 343 g/mol. The number of aryl methyl sites for hydroxylation is 2. The number of hydrogen-bond acceptors (Lipinski definition) is 2. The van der Waals surface area contributed by atoms with E-state index in [2.05, 4.69) is 61.0 Å². The summed E-state index contributed by atoms with van der Waals surface area (Å²) in [7, 11) is 2.05. The fourth-order valence-electron chi connectivity index (χ4n) is 2.53. The Hall–Kier alpha value is -0.350. The van der Waals surface area contributed by atoms with Gasteiger partial charge >= 0.3 is 0 Å². The van der Waals surface area contributed by atoms with Crippen LogP contribution in [0.5, 0.6) is 0 Å². The van der Waals surface area contributed by atoms with Crippen LogP contribution in [0.1, 0.15) is 58.8 Å². The minimum atomic E-state index is 0.286. The maximum Gasteiger partial charge on any atom is 0.0766 e. The van der Waals surface area contributed by atoms with Crippen LogP contribution in [0.15, 0.2) is 4.47 Å². The molecule has 0 aliphatic heterocycles. The van der Waals surface area contributed by atoms with Gasteiger partial charge in [0.05, 0.1) is 15.9 Å². The number of aromatic nitrogens is 2. The summed E-state index contributed by atoms with van der Waals surface area (Å²) in [4.78, 5) is 0. The summed E-state index contributed by atoms with van der Waals surface area (Å²) >= 11 is 3.71. The molecule has 0 aliphatic carbocycles. The highest BCUT2D eigenvalue weighted by Gasteiger charge is 2.24. The van der Waals surface area contributed by atoms with Crippen molar-refractivity contribution in [1.82, 2.24) is 15.1 Å². The average molecular weight is 344 g/mol. The van der Waals surface area contributed by atoms with Crippen LogP contribution < -0.4 is 5.32 Å². The van der Waals surface area contributed by atoms with Crippen molar-refractivity contribution >= 4 is 15.9 Å². The molecule has 4 heteroatoms. The molecule has 0 radical (unpaired) electrons. The van der Waals surface area contributed by atoms with Crippen molar-refractivity contribution in [1.29, 1.82) is 0 Å². The summed E-state index contributed by atoms with van der Waals surface area (Å²) in [5, 5.41) is 8.27. The molecule has 0 fully saturated rings. The molecule has 1 unspecified atom stereocenters. The van der Waals surface area contributed by atoms with Gasteiger partial charge in [-0.25, -0.2) is 0 Å². The first kappa shape index (κ1) is 17.7. The SMILES string of the molecule is CCCNC(CCc1c(Br)c(CC)nn1C)C(C)(C)C. The molecule has 20 heavy (non-hydrogen) atoms. The summed E-state index contributed by atoms with van der Waals surface area (Å²) < 4.78 is 3.23. The summed E-state index contributed by atoms with van der Waals surface area (Å²) in [6.07, 6.45) is 4.36. The fraction of sp³-hybridized carbons (Fsp3) is 0.812. The average Bonchev–Trinajstić information content (AvgIpc) is 2.63. The van der Waals surface area contributed by atoms with Crippen LogP contribution >= 0.6 is 15.9 Å². The third-order valence-electron chi connectivity index (χ3n) is 3.86. The van der Waals surface area contributed by atoms with Crippen LogP contribution in [0, 0.1) is 5.41 Å². The highest BCUT2D eigenvalue weighted by atomic mass is 79.9. The van der Waals surface area contributed by atoms with E-state index in [0.717, 1.165) is 31.5 Å². The van der Waals surface area contributed by atoms with E-state index in [4.69, 9.17) is 0 Å². The molecule has 0 amide bonds. The highest BCUT2D eigenvalue weighted by molar-refractivity contribution is 9.10. The summed E-state index contributed by atoms with van der Waals surface area (Å²) in [6.45, 7) is 12.4. The van der Waals surface area contributed by atoms with Gasteiger partial charge in [-0.2, -0.15) is 5.10 Å². The van der Waals surface area contributed by atoms with Crippen LogP contribution in [0.25, 0.3) is 0 Å². The third-order valence-corrected chi connectivity index (χ3v) is 4.77. The fourth-order valence-corrected chi connectivity index (χ4v) is 3.35. The molecule has 1 aromatic heterocycles. The molecule has 1 aromatic rings. The third kappa shape index (κ3) is 4.59. The van der Waals surface area contributed by atoms with Crippen LogP contribution in [0.2, 0.25) is 0 Å². The standard InChI is InChI=1S/C16H30BrN3/c1-7-11-18-14(16(3,4)5)10-9-13-15(17)12(8-2)19-20(13)6/h14,18H,7-11H2,1-6H3. The van der Waals surface area contributed by atoms with E-state index in [0.29, 0.717) is 6.04 Å². The first-order valence-electron chi connectivity index (χ1n) is 7.74. The lowest BCUT2D eigenvalue weighted by molar-refractivity contribution is 0.254. The zero-order chi connectivity index (χ0) is 15.3. The molecule has 0 bridgehead atoms. The van der Waals surface area contributed by atoms with Crippen molar-refractivity contribution in [3.63, 3.8) is 0 Å². The molecule has 1 rings (SSSR count). The molecule has 3 nitrogen and oxygen atoms in total. The number of hydrogen-bond donors (Lipinski definition) is 1. The summed E-state index contributed by atoms with van der Waals surface area (Å²) in [5.41, 5.74) is 2.76. The van der Waals surface area contributed by atoms with E-state index < -0.39 is 0 Å². The topological polar surface area (TPSA) is 29.9 Å². The second kappa shape index (κ2) is 7.60. The predicted octanol–water partition coefficient (Wildman–Crippen LogP) is 4.09. The number of halogens is 1. The number of nitrogens with zero attached hydrogens (tertiary/aromatic N) is 2. The van der Waals surface area contributed by atoms with E-state index in [9.17, 15) is 0 Å². The molecule has 1 N–H and O–H groups in total. The maximum absolute atomic E-state index is 4.58. The Bertz CT molecular complexity index is 418. The van der Waals surface area contributed by atoms with Crippen molar-refractivity contribution in [2.45, 2.75) is 66.3 Å². The van der Waals surface area contributed by atoms with Crippen molar-refractivity contribution in [3.8, 4) is 0 Å². The Morgan fingerprint density at radius 3 is 2.40 bits per heavy atom. The van der Waals surface area contributed by atoms with E-state index in [-0.39, 0.29) is 5.41 Å². The van der Waals surface area contributed by atoms with Crippen LogP contribution in [0.4, 0.5) is 0 Å². The van der Waals surface area contributed by atoms with Gasteiger partial charge in [-0.05, 0) is 53.6 Å². The van der Waals surface area contributed by atoms with Gasteiger partial charge in [0.15, 0.2) is 0 Å². The van der Waals surface area contributed by atoms with Gasteiger partial charge in [0.1, 0.15) is 0 Å². The molecule has 0 saturated carbocycles. The second-order valence-electron chi connectivity index (χ2n) is 6.60. The van der Waals surface area contributed by atoms with Crippen LogP contribution in [0.3, 0.4) is 0 Å². The van der Waals surface area contributed by atoms with Crippen molar-refractivity contribution in [3.05, 3.63) is 15.9 Å². The zero-order valence-corrected chi connectivity index (χ0v) is 15.5. The lowest BCUT2D eigenvalue weighted by atomic mass is 9.83. The first-order chi connectivity index (χ1) is 9.31. The van der Waals surface area contributed by atoms with Gasteiger partial charge in [-0.1, -0.05) is 34.6 Å². The Balaban J connectivity index is 2.74. The Kier molecular flexibility index (Phi) is 6.73. The van der Waals surface area contributed by atoms with Gasteiger partial charge in [0, 0.05) is 13.1 Å². The van der Waals surface area contributed by atoms with Crippen LogP contribution in [-0.2, 0) is 19.9 Å². The largest absolute Gasteiger partial charge is 0.313 e. The van der Waals surface area contributed by atoms with Gasteiger partial charge < -0.3 is 5.32 Å².